The van der Waals surface area contributed by atoms with Gasteiger partial charge < -0.3 is 9.72 Å². The maximum atomic E-state index is 12.8. The van der Waals surface area contributed by atoms with Crippen LogP contribution in [0.3, 0.4) is 0 Å². The molecular formula is C17H11NO3. The third kappa shape index (κ3) is 1.50. The first-order valence-corrected chi connectivity index (χ1v) is 6.59. The third-order valence-electron chi connectivity index (χ3n) is 3.87. The van der Waals surface area contributed by atoms with Crippen LogP contribution in [0.2, 0.25) is 0 Å². The molecule has 0 aliphatic heterocycles. The van der Waals surface area contributed by atoms with Crippen LogP contribution >= 0.6 is 0 Å². The lowest BCUT2D eigenvalue weighted by Gasteiger charge is -2.20. The van der Waals surface area contributed by atoms with E-state index < -0.39 is 0 Å². The number of benzene rings is 2. The summed E-state index contributed by atoms with van der Waals surface area (Å²) < 4.78 is 5.31. The van der Waals surface area contributed by atoms with Crippen molar-refractivity contribution in [2.75, 3.05) is 7.11 Å². The summed E-state index contributed by atoms with van der Waals surface area (Å²) in [5.74, 6) is 0.442. The van der Waals surface area contributed by atoms with Crippen LogP contribution in [-0.4, -0.2) is 17.9 Å². The standard InChI is InChI=1S/C17H11NO3/c1-21-12-7-3-5-10-15(12)17(20)11-6-2-4-9-8-13(19)18-16(10)14(9)11/h2-8H,1H3,(H,18,19). The van der Waals surface area contributed by atoms with E-state index in [-0.39, 0.29) is 11.3 Å². The van der Waals surface area contributed by atoms with E-state index in [0.717, 1.165) is 10.8 Å². The molecule has 1 aromatic heterocycles. The number of carbonyl (C=O) groups is 1. The van der Waals surface area contributed by atoms with Gasteiger partial charge in [0.25, 0.3) is 0 Å². The predicted octanol–water partition coefficient (Wildman–Crippen LogP) is 2.75. The lowest BCUT2D eigenvalue weighted by atomic mass is 9.85. The number of rotatable bonds is 1. The molecule has 1 aliphatic rings. The quantitative estimate of drug-likeness (QED) is 0.582. The van der Waals surface area contributed by atoms with Gasteiger partial charge in [0.1, 0.15) is 5.75 Å². The van der Waals surface area contributed by atoms with Gasteiger partial charge in [0, 0.05) is 22.6 Å². The minimum absolute atomic E-state index is 0.0763. The second-order valence-corrected chi connectivity index (χ2v) is 4.99. The van der Waals surface area contributed by atoms with Crippen molar-refractivity contribution < 1.29 is 9.53 Å². The molecule has 0 bridgehead atoms. The van der Waals surface area contributed by atoms with Gasteiger partial charge in [-0.2, -0.15) is 0 Å². The molecule has 0 saturated heterocycles. The van der Waals surface area contributed by atoms with Gasteiger partial charge in [0.15, 0.2) is 5.78 Å². The van der Waals surface area contributed by atoms with E-state index in [1.807, 2.05) is 18.2 Å². The van der Waals surface area contributed by atoms with Crippen molar-refractivity contribution in [3.05, 3.63) is 63.9 Å². The maximum Gasteiger partial charge on any atom is 0.249 e. The second kappa shape index (κ2) is 4.06. The van der Waals surface area contributed by atoms with Gasteiger partial charge >= 0.3 is 0 Å². The molecule has 0 fully saturated rings. The Morgan fingerprint density at radius 1 is 1.00 bits per heavy atom. The normalized spacial score (nSPS) is 12.3. The van der Waals surface area contributed by atoms with E-state index in [0.29, 0.717) is 28.1 Å². The fraction of sp³-hybridized carbons (Fsp3) is 0.0588. The fourth-order valence-corrected chi connectivity index (χ4v) is 3.00. The summed E-state index contributed by atoms with van der Waals surface area (Å²) in [6.07, 6.45) is 0. The molecule has 0 unspecified atom stereocenters. The van der Waals surface area contributed by atoms with Gasteiger partial charge in [-0.3, -0.25) is 9.59 Å². The average Bonchev–Trinajstić information content (AvgIpc) is 2.51. The van der Waals surface area contributed by atoms with Crippen molar-refractivity contribution in [1.82, 2.24) is 4.98 Å². The Kier molecular flexibility index (Phi) is 2.30. The summed E-state index contributed by atoms with van der Waals surface area (Å²) >= 11 is 0. The number of aromatic nitrogens is 1. The van der Waals surface area contributed by atoms with Gasteiger partial charge in [-0.05, 0) is 11.5 Å². The number of methoxy groups -OCH3 is 1. The van der Waals surface area contributed by atoms with Crippen molar-refractivity contribution in [3.8, 4) is 17.0 Å². The van der Waals surface area contributed by atoms with E-state index >= 15 is 0 Å². The number of aromatic amines is 1. The summed E-state index contributed by atoms with van der Waals surface area (Å²) in [5, 5.41) is 1.57. The Morgan fingerprint density at radius 2 is 1.76 bits per heavy atom. The molecule has 2 aromatic carbocycles. The lowest BCUT2D eigenvalue weighted by molar-refractivity contribution is 0.103. The van der Waals surface area contributed by atoms with Crippen LogP contribution < -0.4 is 10.3 Å². The number of fused-ring (bicyclic) bond motifs is 2. The summed E-state index contributed by atoms with van der Waals surface area (Å²) in [5.41, 5.74) is 2.30. The topological polar surface area (TPSA) is 59.2 Å². The van der Waals surface area contributed by atoms with Crippen molar-refractivity contribution in [1.29, 1.82) is 0 Å². The SMILES string of the molecule is COc1cccc2c1C(=O)c1cccc3cc(=O)[nH]c-2c13. The number of ketones is 1. The number of hydrogen-bond acceptors (Lipinski definition) is 3. The van der Waals surface area contributed by atoms with Gasteiger partial charge in [0.2, 0.25) is 5.56 Å². The Balaban J connectivity index is 2.26. The molecule has 4 rings (SSSR count). The molecule has 1 N–H and O–H groups in total. The fourth-order valence-electron chi connectivity index (χ4n) is 3.00. The van der Waals surface area contributed by atoms with Crippen LogP contribution in [0.15, 0.2) is 47.3 Å². The van der Waals surface area contributed by atoms with Gasteiger partial charge in [-0.1, -0.05) is 30.3 Å². The van der Waals surface area contributed by atoms with Crippen LogP contribution in [0, 0.1) is 0 Å². The van der Waals surface area contributed by atoms with E-state index in [1.165, 1.54) is 13.2 Å². The highest BCUT2D eigenvalue weighted by molar-refractivity contribution is 6.26. The van der Waals surface area contributed by atoms with Crippen LogP contribution in [0.25, 0.3) is 22.0 Å². The highest BCUT2D eigenvalue weighted by Gasteiger charge is 2.28. The number of H-pyrrole nitrogens is 1. The second-order valence-electron chi connectivity index (χ2n) is 4.99. The molecule has 0 amide bonds. The largest absolute Gasteiger partial charge is 0.496 e. The van der Waals surface area contributed by atoms with E-state index in [9.17, 15) is 9.59 Å². The average molecular weight is 277 g/mol. The lowest BCUT2D eigenvalue weighted by Crippen LogP contribution is -2.16. The van der Waals surface area contributed by atoms with Crippen molar-refractivity contribution in [2.45, 2.75) is 0 Å². The highest BCUT2D eigenvalue weighted by Crippen LogP contribution is 2.40. The molecule has 0 radical (unpaired) electrons. The smallest absolute Gasteiger partial charge is 0.249 e. The van der Waals surface area contributed by atoms with Crippen LogP contribution in [-0.2, 0) is 0 Å². The highest BCUT2D eigenvalue weighted by atomic mass is 16.5. The molecule has 0 atom stereocenters. The Labute approximate surface area is 120 Å². The van der Waals surface area contributed by atoms with E-state index in [2.05, 4.69) is 4.98 Å². The summed E-state index contributed by atoms with van der Waals surface area (Å²) in [7, 11) is 1.53. The maximum absolute atomic E-state index is 12.8. The molecule has 102 valence electrons. The van der Waals surface area contributed by atoms with E-state index in [1.54, 1.807) is 18.2 Å². The first kappa shape index (κ1) is 11.9. The zero-order valence-electron chi connectivity index (χ0n) is 11.3. The summed E-state index contributed by atoms with van der Waals surface area (Å²) in [4.78, 5) is 27.5. The van der Waals surface area contributed by atoms with Crippen LogP contribution in [0.1, 0.15) is 15.9 Å². The molecule has 3 aromatic rings. The third-order valence-corrected chi connectivity index (χ3v) is 3.87. The number of pyridine rings is 1. The van der Waals surface area contributed by atoms with Gasteiger partial charge in [-0.25, -0.2) is 0 Å². The molecule has 0 spiro atoms. The van der Waals surface area contributed by atoms with Gasteiger partial charge in [0.05, 0.1) is 18.4 Å². The summed E-state index contributed by atoms with van der Waals surface area (Å²) in [6, 6.07) is 12.3. The molecule has 1 heterocycles. The number of carbonyl (C=O) groups excluding carboxylic acids is 1. The molecular weight excluding hydrogens is 266 g/mol. The molecule has 0 saturated carbocycles. The number of ether oxygens (including phenoxy) is 1. The zero-order chi connectivity index (χ0) is 14.6. The van der Waals surface area contributed by atoms with Crippen molar-refractivity contribution in [2.24, 2.45) is 0 Å². The van der Waals surface area contributed by atoms with Crippen LogP contribution in [0.5, 0.6) is 5.75 Å². The molecule has 1 aliphatic carbocycles. The van der Waals surface area contributed by atoms with Gasteiger partial charge in [-0.15, -0.1) is 0 Å². The predicted molar refractivity (Wildman–Crippen MR) is 80.0 cm³/mol. The summed E-state index contributed by atoms with van der Waals surface area (Å²) in [6.45, 7) is 0. The van der Waals surface area contributed by atoms with Crippen LogP contribution in [0.4, 0.5) is 0 Å². The van der Waals surface area contributed by atoms with Crippen molar-refractivity contribution in [3.63, 3.8) is 0 Å². The first-order valence-electron chi connectivity index (χ1n) is 6.59. The minimum atomic E-state index is -0.183. The van der Waals surface area contributed by atoms with Crippen molar-refractivity contribution >= 4 is 16.6 Å². The monoisotopic (exact) mass is 277 g/mol. The number of hydrogen-bond donors (Lipinski definition) is 1. The molecule has 4 heteroatoms. The Bertz CT molecular complexity index is 969. The minimum Gasteiger partial charge on any atom is -0.496 e. The Morgan fingerprint density at radius 3 is 2.57 bits per heavy atom. The van der Waals surface area contributed by atoms with E-state index in [4.69, 9.17) is 4.74 Å². The molecule has 21 heavy (non-hydrogen) atoms. The number of nitrogens with one attached hydrogen (secondary N) is 1. The first-order chi connectivity index (χ1) is 10.2. The molecule has 4 nitrogen and oxygen atoms in total. The Hall–Kier alpha value is -2.88. The zero-order valence-corrected chi connectivity index (χ0v) is 11.3.